The van der Waals surface area contributed by atoms with Crippen LogP contribution in [0.2, 0.25) is 0 Å². The fraction of sp³-hybridized carbons (Fsp3) is 0.440. The third-order valence-corrected chi connectivity index (χ3v) is 8.02. The molecular formula is C25H30Br2N4O. The molecule has 0 amide bonds. The standard InChI is InChI=1S/C25H30Br2N4O/c1-13(2)32-10-8-9-30-23(27)22(26)21-17(6)28-24-20(18(7)29-31(24)25(21)30)19-15(4)11-14(3)12-16(19)5/h11-13H,8-10H2,1-7H3. The van der Waals surface area contributed by atoms with Gasteiger partial charge in [0.25, 0.3) is 0 Å². The van der Waals surface area contributed by atoms with E-state index in [0.717, 1.165) is 62.3 Å². The maximum absolute atomic E-state index is 5.78. The van der Waals surface area contributed by atoms with Gasteiger partial charge in [-0.3, -0.25) is 0 Å². The Morgan fingerprint density at radius 1 is 0.969 bits per heavy atom. The minimum atomic E-state index is 0.238. The van der Waals surface area contributed by atoms with Gasteiger partial charge in [0.2, 0.25) is 0 Å². The Labute approximate surface area is 206 Å². The van der Waals surface area contributed by atoms with Gasteiger partial charge < -0.3 is 9.30 Å². The van der Waals surface area contributed by atoms with Crippen LogP contribution in [0, 0.1) is 34.6 Å². The zero-order chi connectivity index (χ0) is 23.3. The van der Waals surface area contributed by atoms with Crippen LogP contribution >= 0.6 is 31.9 Å². The van der Waals surface area contributed by atoms with Crippen molar-refractivity contribution in [1.29, 1.82) is 0 Å². The number of aryl methyl sites for hydroxylation is 6. The van der Waals surface area contributed by atoms with Crippen molar-refractivity contribution in [2.24, 2.45) is 0 Å². The molecule has 0 aliphatic carbocycles. The van der Waals surface area contributed by atoms with Crippen LogP contribution in [-0.4, -0.2) is 31.9 Å². The Balaban J connectivity index is 1.97. The second kappa shape index (κ2) is 8.92. The quantitative estimate of drug-likeness (QED) is 0.233. The van der Waals surface area contributed by atoms with E-state index in [4.69, 9.17) is 14.8 Å². The fourth-order valence-electron chi connectivity index (χ4n) is 4.68. The summed E-state index contributed by atoms with van der Waals surface area (Å²) in [6, 6.07) is 4.47. The van der Waals surface area contributed by atoms with E-state index in [1.807, 2.05) is 4.52 Å². The number of hydrogen-bond donors (Lipinski definition) is 0. The summed E-state index contributed by atoms with van der Waals surface area (Å²) in [5, 5.41) is 6.08. The maximum atomic E-state index is 5.78. The average Bonchev–Trinajstić information content (AvgIpc) is 3.14. The minimum absolute atomic E-state index is 0.238. The highest BCUT2D eigenvalue weighted by Gasteiger charge is 2.24. The summed E-state index contributed by atoms with van der Waals surface area (Å²) >= 11 is 7.59. The molecular weight excluding hydrogens is 532 g/mol. The highest BCUT2D eigenvalue weighted by Crippen LogP contribution is 2.40. The number of rotatable bonds is 6. The molecule has 32 heavy (non-hydrogen) atoms. The van der Waals surface area contributed by atoms with E-state index in [0.29, 0.717) is 0 Å². The predicted octanol–water partition coefficient (Wildman–Crippen LogP) is 7.23. The molecule has 0 aliphatic heterocycles. The lowest BCUT2D eigenvalue weighted by molar-refractivity contribution is 0.0749. The Bertz CT molecular complexity index is 1310. The van der Waals surface area contributed by atoms with Crippen molar-refractivity contribution < 1.29 is 4.74 Å². The van der Waals surface area contributed by atoms with Crippen LogP contribution in [0.5, 0.6) is 0 Å². The molecule has 0 saturated carbocycles. The first-order chi connectivity index (χ1) is 15.1. The normalized spacial score (nSPS) is 12.1. The lowest BCUT2D eigenvalue weighted by atomic mass is 9.94. The molecule has 4 aromatic rings. The minimum Gasteiger partial charge on any atom is -0.379 e. The van der Waals surface area contributed by atoms with Gasteiger partial charge in [-0.2, -0.15) is 9.61 Å². The van der Waals surface area contributed by atoms with E-state index in [9.17, 15) is 0 Å². The van der Waals surface area contributed by atoms with Crippen molar-refractivity contribution in [2.75, 3.05) is 6.61 Å². The fourth-order valence-corrected chi connectivity index (χ4v) is 5.90. The molecule has 5 nitrogen and oxygen atoms in total. The van der Waals surface area contributed by atoms with Gasteiger partial charge in [-0.05, 0) is 103 Å². The van der Waals surface area contributed by atoms with Gasteiger partial charge in [0, 0.05) is 13.2 Å². The summed E-state index contributed by atoms with van der Waals surface area (Å²) in [6.45, 7) is 16.3. The van der Waals surface area contributed by atoms with Crippen LogP contribution in [0.1, 0.15) is 48.3 Å². The summed E-state index contributed by atoms with van der Waals surface area (Å²) in [6.07, 6.45) is 1.15. The van der Waals surface area contributed by atoms with E-state index in [1.54, 1.807) is 0 Å². The monoisotopic (exact) mass is 560 g/mol. The molecule has 0 spiro atoms. The van der Waals surface area contributed by atoms with Crippen molar-refractivity contribution in [3.05, 3.63) is 49.3 Å². The second-order valence-corrected chi connectivity index (χ2v) is 10.4. The summed E-state index contributed by atoms with van der Waals surface area (Å²) in [4.78, 5) is 5.05. The van der Waals surface area contributed by atoms with Crippen LogP contribution in [0.4, 0.5) is 0 Å². The van der Waals surface area contributed by atoms with Gasteiger partial charge in [0.05, 0.1) is 32.9 Å². The molecule has 7 heteroatoms. The molecule has 0 aliphatic rings. The van der Waals surface area contributed by atoms with E-state index in [2.05, 4.69) is 97.0 Å². The average molecular weight is 562 g/mol. The van der Waals surface area contributed by atoms with Crippen molar-refractivity contribution in [1.82, 2.24) is 19.2 Å². The summed E-state index contributed by atoms with van der Waals surface area (Å²) in [7, 11) is 0. The SMILES string of the molecule is Cc1cc(C)c(-c2c(C)nn3c2nc(C)c2c(Br)c(Br)n(CCCOC(C)C)c23)c(C)c1. The van der Waals surface area contributed by atoms with E-state index < -0.39 is 0 Å². The van der Waals surface area contributed by atoms with Gasteiger partial charge >= 0.3 is 0 Å². The molecule has 0 fully saturated rings. The smallest absolute Gasteiger partial charge is 0.165 e. The number of hydrogen-bond acceptors (Lipinski definition) is 3. The van der Waals surface area contributed by atoms with Crippen LogP contribution in [-0.2, 0) is 11.3 Å². The highest BCUT2D eigenvalue weighted by atomic mass is 79.9. The predicted molar refractivity (Wildman–Crippen MR) is 139 cm³/mol. The zero-order valence-corrected chi connectivity index (χ0v) is 23.0. The van der Waals surface area contributed by atoms with E-state index in [1.165, 1.54) is 22.3 Å². The zero-order valence-electron chi connectivity index (χ0n) is 19.8. The largest absolute Gasteiger partial charge is 0.379 e. The van der Waals surface area contributed by atoms with Gasteiger partial charge in [0.1, 0.15) is 10.3 Å². The van der Waals surface area contributed by atoms with Gasteiger partial charge in [-0.25, -0.2) is 4.98 Å². The molecule has 0 N–H and O–H groups in total. The number of halogens is 2. The first-order valence-corrected chi connectivity index (χ1v) is 12.6. The van der Waals surface area contributed by atoms with Crippen LogP contribution < -0.4 is 0 Å². The van der Waals surface area contributed by atoms with Crippen molar-refractivity contribution in [3.63, 3.8) is 0 Å². The molecule has 0 atom stereocenters. The Morgan fingerprint density at radius 2 is 1.62 bits per heavy atom. The van der Waals surface area contributed by atoms with Crippen LogP contribution in [0.25, 0.3) is 27.8 Å². The van der Waals surface area contributed by atoms with Crippen LogP contribution in [0.3, 0.4) is 0 Å². The molecule has 3 heterocycles. The summed E-state index contributed by atoms with van der Waals surface area (Å²) in [5.41, 5.74) is 10.1. The molecule has 0 saturated heterocycles. The molecule has 170 valence electrons. The molecule has 0 radical (unpaired) electrons. The highest BCUT2D eigenvalue weighted by molar-refractivity contribution is 9.13. The number of nitrogens with zero attached hydrogens (tertiary/aromatic N) is 4. The summed E-state index contributed by atoms with van der Waals surface area (Å²) < 4.78 is 12.1. The Morgan fingerprint density at radius 3 is 2.25 bits per heavy atom. The van der Waals surface area contributed by atoms with Crippen molar-refractivity contribution in [2.45, 2.75) is 67.5 Å². The molecule has 3 aromatic heterocycles. The molecule has 0 unspecified atom stereocenters. The van der Waals surface area contributed by atoms with Crippen molar-refractivity contribution in [3.8, 4) is 11.1 Å². The number of ether oxygens (including phenoxy) is 1. The lowest BCUT2D eigenvalue weighted by Gasteiger charge is -2.12. The summed E-state index contributed by atoms with van der Waals surface area (Å²) in [5.74, 6) is 0. The van der Waals surface area contributed by atoms with Gasteiger partial charge in [-0.1, -0.05) is 17.7 Å². The first kappa shape index (κ1) is 23.5. The first-order valence-electron chi connectivity index (χ1n) is 11.0. The number of benzene rings is 1. The van der Waals surface area contributed by atoms with E-state index in [-0.39, 0.29) is 6.10 Å². The second-order valence-electron chi connectivity index (χ2n) is 8.89. The number of aromatic nitrogens is 4. The number of fused-ring (bicyclic) bond motifs is 3. The van der Waals surface area contributed by atoms with Gasteiger partial charge in [-0.15, -0.1) is 0 Å². The third-order valence-electron chi connectivity index (χ3n) is 5.89. The maximum Gasteiger partial charge on any atom is 0.165 e. The molecule has 0 bridgehead atoms. The van der Waals surface area contributed by atoms with E-state index >= 15 is 0 Å². The Kier molecular flexibility index (Phi) is 6.54. The van der Waals surface area contributed by atoms with Crippen LogP contribution in [0.15, 0.2) is 21.2 Å². The van der Waals surface area contributed by atoms with Gasteiger partial charge in [0.15, 0.2) is 5.65 Å². The lowest BCUT2D eigenvalue weighted by Crippen LogP contribution is -2.09. The molecule has 1 aromatic carbocycles. The third kappa shape index (κ3) is 3.93. The van der Waals surface area contributed by atoms with Crippen molar-refractivity contribution >= 4 is 48.5 Å². The Hall–Kier alpha value is -1.70. The molecule has 4 rings (SSSR count). The topological polar surface area (TPSA) is 44.4 Å².